The number of hydrogen-bond acceptors (Lipinski definition) is 3. The second-order valence-electron chi connectivity index (χ2n) is 4.46. The molecular formula is C12H14F2N2O2. The minimum absolute atomic E-state index is 0.0310. The summed E-state index contributed by atoms with van der Waals surface area (Å²) in [6.07, 6.45) is 0.547. The van der Waals surface area contributed by atoms with E-state index in [4.69, 9.17) is 0 Å². The summed E-state index contributed by atoms with van der Waals surface area (Å²) in [6.45, 7) is 1.18. The molecule has 1 saturated heterocycles. The van der Waals surface area contributed by atoms with E-state index in [1.54, 1.807) is 0 Å². The van der Waals surface area contributed by atoms with Crippen molar-refractivity contribution in [1.82, 2.24) is 10.6 Å². The van der Waals surface area contributed by atoms with E-state index >= 15 is 0 Å². The van der Waals surface area contributed by atoms with Gasteiger partial charge in [-0.2, -0.15) is 0 Å². The maximum Gasteiger partial charge on any atom is 0.251 e. The van der Waals surface area contributed by atoms with Gasteiger partial charge >= 0.3 is 0 Å². The van der Waals surface area contributed by atoms with Crippen LogP contribution in [0.25, 0.3) is 0 Å². The molecule has 0 radical (unpaired) electrons. The first-order valence-corrected chi connectivity index (χ1v) is 5.67. The Morgan fingerprint density at radius 3 is 2.83 bits per heavy atom. The lowest BCUT2D eigenvalue weighted by molar-refractivity contribution is 0.0561. The molecule has 3 N–H and O–H groups in total. The monoisotopic (exact) mass is 256 g/mol. The van der Waals surface area contributed by atoms with Gasteiger partial charge in [0.2, 0.25) is 0 Å². The van der Waals surface area contributed by atoms with Crippen molar-refractivity contribution < 1.29 is 18.7 Å². The van der Waals surface area contributed by atoms with Gasteiger partial charge in [-0.05, 0) is 31.2 Å². The molecule has 1 atom stereocenters. The Morgan fingerprint density at radius 1 is 1.44 bits per heavy atom. The number of aliphatic hydroxyl groups is 1. The van der Waals surface area contributed by atoms with Gasteiger partial charge in [0.25, 0.3) is 5.91 Å². The maximum atomic E-state index is 12.9. The lowest BCUT2D eigenvalue weighted by Gasteiger charge is -2.21. The van der Waals surface area contributed by atoms with E-state index in [0.717, 1.165) is 12.1 Å². The van der Waals surface area contributed by atoms with Crippen LogP contribution < -0.4 is 10.6 Å². The van der Waals surface area contributed by atoms with Crippen LogP contribution in [0, 0.1) is 11.6 Å². The molecule has 1 aromatic rings. The standard InChI is InChI=1S/C12H14F2N2O2/c13-9-2-1-8(5-10(9)14)11(17)16-7-12(18)3-4-15-6-12/h1-2,5,15,18H,3-4,6-7H2,(H,16,17). The van der Waals surface area contributed by atoms with E-state index in [2.05, 4.69) is 10.6 Å². The number of carbonyl (C=O) groups is 1. The molecule has 2 rings (SSSR count). The first-order valence-electron chi connectivity index (χ1n) is 5.67. The predicted molar refractivity (Wildman–Crippen MR) is 61.1 cm³/mol. The highest BCUT2D eigenvalue weighted by Gasteiger charge is 2.31. The van der Waals surface area contributed by atoms with Gasteiger partial charge in [0.15, 0.2) is 11.6 Å². The van der Waals surface area contributed by atoms with E-state index in [-0.39, 0.29) is 12.1 Å². The van der Waals surface area contributed by atoms with Gasteiger partial charge < -0.3 is 15.7 Å². The van der Waals surface area contributed by atoms with Gasteiger partial charge in [0, 0.05) is 18.7 Å². The number of rotatable bonds is 3. The number of β-amino-alcohol motifs (C(OH)–C–C–N with tert-alkyl or cyclic N) is 1. The van der Waals surface area contributed by atoms with Crippen LogP contribution in [0.5, 0.6) is 0 Å². The van der Waals surface area contributed by atoms with Crippen LogP contribution in [0.2, 0.25) is 0 Å². The van der Waals surface area contributed by atoms with E-state index in [9.17, 15) is 18.7 Å². The van der Waals surface area contributed by atoms with Gasteiger partial charge in [-0.3, -0.25) is 4.79 Å². The van der Waals surface area contributed by atoms with Crippen LogP contribution in [-0.4, -0.2) is 36.2 Å². The van der Waals surface area contributed by atoms with E-state index in [0.29, 0.717) is 19.5 Å². The van der Waals surface area contributed by atoms with E-state index in [1.165, 1.54) is 6.07 Å². The summed E-state index contributed by atoms with van der Waals surface area (Å²) in [7, 11) is 0. The zero-order valence-corrected chi connectivity index (χ0v) is 9.67. The van der Waals surface area contributed by atoms with Crippen molar-refractivity contribution in [2.75, 3.05) is 19.6 Å². The molecule has 0 aromatic heterocycles. The smallest absolute Gasteiger partial charge is 0.251 e. The summed E-state index contributed by atoms with van der Waals surface area (Å²) < 4.78 is 25.6. The quantitative estimate of drug-likeness (QED) is 0.734. The molecule has 1 aliphatic heterocycles. The summed E-state index contributed by atoms with van der Waals surface area (Å²) in [6, 6.07) is 2.93. The fourth-order valence-corrected chi connectivity index (χ4v) is 1.87. The molecule has 0 saturated carbocycles. The highest BCUT2D eigenvalue weighted by molar-refractivity contribution is 5.94. The number of nitrogens with one attached hydrogen (secondary N) is 2. The van der Waals surface area contributed by atoms with Crippen molar-refractivity contribution in [1.29, 1.82) is 0 Å². The molecule has 18 heavy (non-hydrogen) atoms. The molecule has 6 heteroatoms. The number of benzene rings is 1. The Balaban J connectivity index is 1.97. The van der Waals surface area contributed by atoms with Crippen LogP contribution in [0.4, 0.5) is 8.78 Å². The van der Waals surface area contributed by atoms with Crippen molar-refractivity contribution >= 4 is 5.91 Å². The normalized spacial score (nSPS) is 23.1. The Bertz CT molecular complexity index is 459. The molecule has 1 amide bonds. The first-order chi connectivity index (χ1) is 8.50. The largest absolute Gasteiger partial charge is 0.387 e. The Kier molecular flexibility index (Phi) is 3.58. The zero-order chi connectivity index (χ0) is 13.2. The lowest BCUT2D eigenvalue weighted by Crippen LogP contribution is -2.44. The van der Waals surface area contributed by atoms with Crippen LogP contribution in [0.15, 0.2) is 18.2 Å². The van der Waals surface area contributed by atoms with Crippen molar-refractivity contribution in [3.05, 3.63) is 35.4 Å². The SMILES string of the molecule is O=C(NCC1(O)CCNC1)c1ccc(F)c(F)c1. The van der Waals surface area contributed by atoms with Gasteiger partial charge in [-0.1, -0.05) is 0 Å². The van der Waals surface area contributed by atoms with Crippen molar-refractivity contribution in [3.63, 3.8) is 0 Å². The third-order valence-corrected chi connectivity index (χ3v) is 2.98. The molecule has 1 heterocycles. The summed E-state index contributed by atoms with van der Waals surface area (Å²) in [5, 5.41) is 15.5. The topological polar surface area (TPSA) is 61.4 Å². The summed E-state index contributed by atoms with van der Waals surface area (Å²) in [5.41, 5.74) is -0.933. The van der Waals surface area contributed by atoms with Crippen LogP contribution in [-0.2, 0) is 0 Å². The van der Waals surface area contributed by atoms with Crippen molar-refractivity contribution in [2.24, 2.45) is 0 Å². The fourth-order valence-electron chi connectivity index (χ4n) is 1.87. The maximum absolute atomic E-state index is 12.9. The third kappa shape index (κ3) is 2.83. The number of halogens is 2. The van der Waals surface area contributed by atoms with Crippen molar-refractivity contribution in [2.45, 2.75) is 12.0 Å². The average Bonchev–Trinajstić information content (AvgIpc) is 2.77. The fraction of sp³-hybridized carbons (Fsp3) is 0.417. The molecule has 1 aliphatic rings. The minimum atomic E-state index is -1.07. The van der Waals surface area contributed by atoms with Crippen molar-refractivity contribution in [3.8, 4) is 0 Å². The molecule has 4 nitrogen and oxygen atoms in total. The molecular weight excluding hydrogens is 242 g/mol. The zero-order valence-electron chi connectivity index (χ0n) is 9.67. The number of carbonyl (C=O) groups excluding carboxylic acids is 1. The second-order valence-corrected chi connectivity index (χ2v) is 4.46. The number of amides is 1. The molecule has 0 bridgehead atoms. The highest BCUT2D eigenvalue weighted by Crippen LogP contribution is 2.13. The Morgan fingerprint density at radius 2 is 2.22 bits per heavy atom. The average molecular weight is 256 g/mol. The third-order valence-electron chi connectivity index (χ3n) is 2.98. The van der Waals surface area contributed by atoms with E-state index in [1.807, 2.05) is 0 Å². The van der Waals surface area contributed by atoms with Crippen LogP contribution in [0.3, 0.4) is 0 Å². The Labute approximate surface area is 103 Å². The summed E-state index contributed by atoms with van der Waals surface area (Å²) in [4.78, 5) is 11.7. The lowest BCUT2D eigenvalue weighted by atomic mass is 10.0. The summed E-state index contributed by atoms with van der Waals surface area (Å²) >= 11 is 0. The molecule has 1 aromatic carbocycles. The first kappa shape index (κ1) is 12.9. The molecule has 1 unspecified atom stereocenters. The van der Waals surface area contributed by atoms with Gasteiger partial charge in [0.05, 0.1) is 5.60 Å². The van der Waals surface area contributed by atoms with Gasteiger partial charge in [-0.15, -0.1) is 0 Å². The Hall–Kier alpha value is -1.53. The predicted octanol–water partition coefficient (Wildman–Crippen LogP) is 0.419. The van der Waals surface area contributed by atoms with Gasteiger partial charge in [0.1, 0.15) is 0 Å². The molecule has 0 aliphatic carbocycles. The van der Waals surface area contributed by atoms with E-state index < -0.39 is 23.1 Å². The molecule has 1 fully saturated rings. The van der Waals surface area contributed by atoms with Gasteiger partial charge in [-0.25, -0.2) is 8.78 Å². The van der Waals surface area contributed by atoms with Crippen LogP contribution in [0.1, 0.15) is 16.8 Å². The highest BCUT2D eigenvalue weighted by atomic mass is 19.2. The second kappa shape index (κ2) is 4.99. The number of hydrogen-bond donors (Lipinski definition) is 3. The van der Waals surface area contributed by atoms with Crippen LogP contribution >= 0.6 is 0 Å². The summed E-state index contributed by atoms with van der Waals surface area (Å²) in [5.74, 6) is -2.59. The molecule has 0 spiro atoms. The molecule has 98 valence electrons. The minimum Gasteiger partial charge on any atom is -0.387 e.